The van der Waals surface area contributed by atoms with Gasteiger partial charge in [-0.15, -0.1) is 0 Å². The van der Waals surface area contributed by atoms with E-state index in [0.717, 1.165) is 53.9 Å². The SMILES string of the molecule is CC(=O)Oc1cc(C)c2c(c1)CC[C@@](C)(CCC[C@H](C)CCC[C@@H](C)CCCC(C)C)O2. The number of benzene rings is 1. The zero-order valence-electron chi connectivity index (χ0n) is 21.9. The average molecular weight is 445 g/mol. The Bertz CT molecular complexity index is 723. The van der Waals surface area contributed by atoms with Gasteiger partial charge in [-0.1, -0.05) is 72.6 Å². The highest BCUT2D eigenvalue weighted by Gasteiger charge is 2.32. The molecule has 0 fully saturated rings. The molecule has 0 N–H and O–H groups in total. The zero-order valence-corrected chi connectivity index (χ0v) is 21.9. The summed E-state index contributed by atoms with van der Waals surface area (Å²) in [7, 11) is 0. The van der Waals surface area contributed by atoms with Crippen LogP contribution in [0.4, 0.5) is 0 Å². The predicted molar refractivity (Wildman–Crippen MR) is 135 cm³/mol. The lowest BCUT2D eigenvalue weighted by Crippen LogP contribution is -2.36. The summed E-state index contributed by atoms with van der Waals surface area (Å²) >= 11 is 0. The third-order valence-electron chi connectivity index (χ3n) is 7.13. The highest BCUT2D eigenvalue weighted by atomic mass is 16.5. The fourth-order valence-electron chi connectivity index (χ4n) is 5.04. The maximum Gasteiger partial charge on any atom is 0.308 e. The van der Waals surface area contributed by atoms with E-state index in [9.17, 15) is 4.79 Å². The minimum Gasteiger partial charge on any atom is -0.487 e. The number of rotatable bonds is 13. The predicted octanol–water partition coefficient (Wildman–Crippen LogP) is 8.44. The van der Waals surface area contributed by atoms with Gasteiger partial charge in [-0.2, -0.15) is 0 Å². The molecule has 1 aromatic rings. The van der Waals surface area contributed by atoms with Crippen molar-refractivity contribution in [2.75, 3.05) is 0 Å². The summed E-state index contributed by atoms with van der Waals surface area (Å²) in [4.78, 5) is 11.3. The largest absolute Gasteiger partial charge is 0.487 e. The minimum absolute atomic E-state index is 0.0919. The normalized spacial score (nSPS) is 19.9. The van der Waals surface area contributed by atoms with E-state index in [0.29, 0.717) is 5.75 Å². The highest BCUT2D eigenvalue weighted by molar-refractivity contribution is 5.69. The molecular weight excluding hydrogens is 396 g/mol. The lowest BCUT2D eigenvalue weighted by Gasteiger charge is -2.37. The Morgan fingerprint density at radius 2 is 1.59 bits per heavy atom. The first kappa shape index (κ1) is 26.7. The topological polar surface area (TPSA) is 35.5 Å². The van der Waals surface area contributed by atoms with Gasteiger partial charge in [0, 0.05) is 6.92 Å². The molecular formula is C29H48O3. The second kappa shape index (κ2) is 12.7. The van der Waals surface area contributed by atoms with E-state index < -0.39 is 0 Å². The van der Waals surface area contributed by atoms with Crippen LogP contribution in [-0.2, 0) is 11.2 Å². The molecule has 0 unspecified atom stereocenters. The van der Waals surface area contributed by atoms with Gasteiger partial charge < -0.3 is 9.47 Å². The molecule has 0 saturated heterocycles. The Labute approximate surface area is 197 Å². The van der Waals surface area contributed by atoms with Crippen LogP contribution in [0.15, 0.2) is 12.1 Å². The van der Waals surface area contributed by atoms with Crippen molar-refractivity contribution in [3.05, 3.63) is 23.3 Å². The molecule has 0 spiro atoms. The first-order valence-corrected chi connectivity index (χ1v) is 13.1. The molecule has 0 aliphatic carbocycles. The molecule has 1 heterocycles. The number of esters is 1. The van der Waals surface area contributed by atoms with Gasteiger partial charge in [0.05, 0.1) is 0 Å². The molecule has 3 nitrogen and oxygen atoms in total. The molecule has 182 valence electrons. The van der Waals surface area contributed by atoms with Gasteiger partial charge >= 0.3 is 5.97 Å². The summed E-state index contributed by atoms with van der Waals surface area (Å²) in [6.07, 6.45) is 13.9. The second-order valence-corrected chi connectivity index (χ2v) is 11.2. The van der Waals surface area contributed by atoms with Crippen LogP contribution in [0.5, 0.6) is 11.5 Å². The van der Waals surface area contributed by atoms with Crippen molar-refractivity contribution in [1.29, 1.82) is 0 Å². The van der Waals surface area contributed by atoms with Gasteiger partial charge in [0.2, 0.25) is 0 Å². The quantitative estimate of drug-likeness (QED) is 0.226. The maximum atomic E-state index is 11.3. The maximum absolute atomic E-state index is 11.3. The van der Waals surface area contributed by atoms with Gasteiger partial charge in [-0.05, 0) is 80.5 Å². The smallest absolute Gasteiger partial charge is 0.308 e. The monoisotopic (exact) mass is 444 g/mol. The molecule has 0 amide bonds. The van der Waals surface area contributed by atoms with Crippen molar-refractivity contribution in [3.63, 3.8) is 0 Å². The molecule has 0 saturated carbocycles. The molecule has 0 aromatic heterocycles. The van der Waals surface area contributed by atoms with Gasteiger partial charge in [-0.25, -0.2) is 0 Å². The Morgan fingerprint density at radius 3 is 2.19 bits per heavy atom. The first-order chi connectivity index (χ1) is 15.1. The van der Waals surface area contributed by atoms with Crippen molar-refractivity contribution >= 4 is 5.97 Å². The molecule has 3 atom stereocenters. The second-order valence-electron chi connectivity index (χ2n) is 11.2. The molecule has 1 aromatic carbocycles. The fraction of sp³-hybridized carbons (Fsp3) is 0.759. The van der Waals surface area contributed by atoms with Gasteiger partial charge in [0.1, 0.15) is 17.1 Å². The Morgan fingerprint density at radius 1 is 1.00 bits per heavy atom. The van der Waals surface area contributed by atoms with Gasteiger partial charge in [0.15, 0.2) is 0 Å². The van der Waals surface area contributed by atoms with Gasteiger partial charge in [-0.3, -0.25) is 4.79 Å². The number of hydrogen-bond donors (Lipinski definition) is 0. The molecule has 1 aliphatic rings. The minimum atomic E-state index is -0.277. The number of carbonyl (C=O) groups is 1. The highest BCUT2D eigenvalue weighted by Crippen LogP contribution is 2.40. The summed E-state index contributed by atoms with van der Waals surface area (Å²) in [5.74, 6) is 3.86. The Kier molecular flexibility index (Phi) is 10.6. The van der Waals surface area contributed by atoms with Crippen LogP contribution in [0, 0.1) is 24.7 Å². The van der Waals surface area contributed by atoms with Crippen LogP contribution in [0.1, 0.15) is 117 Å². The van der Waals surface area contributed by atoms with Crippen LogP contribution in [0.3, 0.4) is 0 Å². The third kappa shape index (κ3) is 9.16. The summed E-state index contributed by atoms with van der Waals surface area (Å²) < 4.78 is 11.8. The molecule has 1 aliphatic heterocycles. The van der Waals surface area contributed by atoms with E-state index in [2.05, 4.69) is 34.6 Å². The van der Waals surface area contributed by atoms with E-state index in [4.69, 9.17) is 9.47 Å². The molecule has 2 rings (SSSR count). The number of fused-ring (bicyclic) bond motifs is 1. The Hall–Kier alpha value is -1.51. The lowest BCUT2D eigenvalue weighted by atomic mass is 9.85. The van der Waals surface area contributed by atoms with Crippen LogP contribution in [0.25, 0.3) is 0 Å². The standard InChI is InChI=1S/C29H48O3/c1-21(2)11-8-12-22(3)13-9-14-23(4)15-10-17-29(7)18-16-26-20-27(31-25(6)30)19-24(5)28(26)32-29/h19-23H,8-18H2,1-7H3/t22-,23+,29+/m0/s1. The summed E-state index contributed by atoms with van der Waals surface area (Å²) in [6.45, 7) is 15.3. The van der Waals surface area contributed by atoms with Crippen molar-refractivity contribution in [2.45, 2.75) is 125 Å². The van der Waals surface area contributed by atoms with Crippen molar-refractivity contribution in [1.82, 2.24) is 0 Å². The van der Waals surface area contributed by atoms with E-state index in [1.54, 1.807) is 0 Å². The van der Waals surface area contributed by atoms with Crippen LogP contribution in [-0.4, -0.2) is 11.6 Å². The van der Waals surface area contributed by atoms with E-state index >= 15 is 0 Å². The average Bonchev–Trinajstić information content (AvgIpc) is 2.68. The van der Waals surface area contributed by atoms with Crippen LogP contribution < -0.4 is 9.47 Å². The lowest BCUT2D eigenvalue weighted by molar-refractivity contribution is -0.131. The zero-order chi connectivity index (χ0) is 23.7. The number of ether oxygens (including phenoxy) is 2. The van der Waals surface area contributed by atoms with Crippen molar-refractivity contribution < 1.29 is 14.3 Å². The van der Waals surface area contributed by atoms with Crippen molar-refractivity contribution in [3.8, 4) is 11.5 Å². The van der Waals surface area contributed by atoms with E-state index in [1.807, 2.05) is 19.1 Å². The number of aryl methyl sites for hydroxylation is 2. The molecule has 3 heteroatoms. The molecule has 0 radical (unpaired) electrons. The van der Waals surface area contributed by atoms with E-state index in [1.165, 1.54) is 58.3 Å². The summed E-state index contributed by atoms with van der Waals surface area (Å²) in [5.41, 5.74) is 2.13. The first-order valence-electron chi connectivity index (χ1n) is 13.1. The fourth-order valence-corrected chi connectivity index (χ4v) is 5.04. The molecule has 32 heavy (non-hydrogen) atoms. The van der Waals surface area contributed by atoms with Gasteiger partial charge in [0.25, 0.3) is 0 Å². The van der Waals surface area contributed by atoms with E-state index in [-0.39, 0.29) is 11.6 Å². The van der Waals surface area contributed by atoms with Crippen LogP contribution in [0.2, 0.25) is 0 Å². The van der Waals surface area contributed by atoms with Crippen molar-refractivity contribution in [2.24, 2.45) is 17.8 Å². The third-order valence-corrected chi connectivity index (χ3v) is 7.13. The summed E-state index contributed by atoms with van der Waals surface area (Å²) in [5, 5.41) is 0. The number of hydrogen-bond acceptors (Lipinski definition) is 3. The van der Waals surface area contributed by atoms with Crippen LogP contribution >= 0.6 is 0 Å². The Balaban J connectivity index is 1.71. The number of carbonyl (C=O) groups excluding carboxylic acids is 1. The molecule has 0 bridgehead atoms. The summed E-state index contributed by atoms with van der Waals surface area (Å²) in [6, 6.07) is 3.88.